The Kier molecular flexibility index (Phi) is 4.81. The molecule has 5 heteroatoms. The van der Waals surface area contributed by atoms with E-state index in [-0.39, 0.29) is 18.1 Å². The SMILES string of the molecule is CCCC(C)(N)C(=O)N1CCCC(C2OCCO2)C1. The maximum atomic E-state index is 12.5. The van der Waals surface area contributed by atoms with Crippen molar-refractivity contribution in [3.63, 3.8) is 0 Å². The Balaban J connectivity index is 1.94. The highest BCUT2D eigenvalue weighted by Crippen LogP contribution is 2.26. The third-order valence-electron chi connectivity index (χ3n) is 4.04. The minimum Gasteiger partial charge on any atom is -0.350 e. The average molecular weight is 270 g/mol. The molecule has 0 saturated carbocycles. The molecular weight excluding hydrogens is 244 g/mol. The van der Waals surface area contributed by atoms with Gasteiger partial charge in [0, 0.05) is 19.0 Å². The van der Waals surface area contributed by atoms with Gasteiger partial charge in [-0.05, 0) is 26.2 Å². The molecule has 5 nitrogen and oxygen atoms in total. The van der Waals surface area contributed by atoms with E-state index in [2.05, 4.69) is 6.92 Å². The van der Waals surface area contributed by atoms with E-state index in [1.807, 2.05) is 11.8 Å². The van der Waals surface area contributed by atoms with E-state index < -0.39 is 5.54 Å². The van der Waals surface area contributed by atoms with E-state index >= 15 is 0 Å². The number of nitrogens with zero attached hydrogens (tertiary/aromatic N) is 1. The van der Waals surface area contributed by atoms with Crippen LogP contribution in [0.15, 0.2) is 0 Å². The van der Waals surface area contributed by atoms with Crippen molar-refractivity contribution in [2.45, 2.75) is 51.4 Å². The molecule has 2 N–H and O–H groups in total. The standard InChI is InChI=1S/C14H26N2O3/c1-3-6-14(2,15)13(17)16-7-4-5-11(10-16)12-18-8-9-19-12/h11-12H,3-10,15H2,1-2H3. The fourth-order valence-electron chi connectivity index (χ4n) is 3.05. The second-order valence-electron chi connectivity index (χ2n) is 5.93. The molecule has 19 heavy (non-hydrogen) atoms. The Morgan fingerprint density at radius 2 is 2.11 bits per heavy atom. The van der Waals surface area contributed by atoms with Crippen molar-refractivity contribution >= 4 is 5.91 Å². The Morgan fingerprint density at radius 3 is 2.74 bits per heavy atom. The smallest absolute Gasteiger partial charge is 0.242 e. The summed E-state index contributed by atoms with van der Waals surface area (Å²) >= 11 is 0. The maximum Gasteiger partial charge on any atom is 0.242 e. The molecule has 2 rings (SSSR count). The largest absolute Gasteiger partial charge is 0.350 e. The third kappa shape index (κ3) is 3.46. The van der Waals surface area contributed by atoms with Crippen LogP contribution in [0.5, 0.6) is 0 Å². The van der Waals surface area contributed by atoms with Crippen molar-refractivity contribution in [1.82, 2.24) is 4.90 Å². The Hall–Kier alpha value is -0.650. The zero-order valence-corrected chi connectivity index (χ0v) is 12.1. The van der Waals surface area contributed by atoms with Crippen LogP contribution in [0, 0.1) is 5.92 Å². The normalized spacial score (nSPS) is 28.4. The first-order chi connectivity index (χ1) is 9.04. The summed E-state index contributed by atoms with van der Waals surface area (Å²) in [5.41, 5.74) is 5.40. The summed E-state index contributed by atoms with van der Waals surface area (Å²) in [5, 5.41) is 0. The van der Waals surface area contributed by atoms with E-state index in [1.54, 1.807) is 0 Å². The zero-order chi connectivity index (χ0) is 13.9. The highest BCUT2D eigenvalue weighted by atomic mass is 16.7. The van der Waals surface area contributed by atoms with E-state index in [4.69, 9.17) is 15.2 Å². The van der Waals surface area contributed by atoms with Crippen LogP contribution >= 0.6 is 0 Å². The summed E-state index contributed by atoms with van der Waals surface area (Å²) in [7, 11) is 0. The van der Waals surface area contributed by atoms with Crippen molar-refractivity contribution in [2.24, 2.45) is 11.7 Å². The third-order valence-corrected chi connectivity index (χ3v) is 4.04. The maximum absolute atomic E-state index is 12.5. The molecule has 0 bridgehead atoms. The van der Waals surface area contributed by atoms with Crippen LogP contribution in [0.25, 0.3) is 0 Å². The van der Waals surface area contributed by atoms with Gasteiger partial charge < -0.3 is 20.1 Å². The van der Waals surface area contributed by atoms with Gasteiger partial charge >= 0.3 is 0 Å². The number of hydrogen-bond acceptors (Lipinski definition) is 4. The van der Waals surface area contributed by atoms with E-state index in [0.717, 1.165) is 32.2 Å². The second-order valence-corrected chi connectivity index (χ2v) is 5.93. The van der Waals surface area contributed by atoms with Crippen molar-refractivity contribution in [3.8, 4) is 0 Å². The predicted octanol–water partition coefficient (Wildman–Crippen LogP) is 1.12. The van der Waals surface area contributed by atoms with Crippen LogP contribution in [-0.4, -0.2) is 48.9 Å². The lowest BCUT2D eigenvalue weighted by atomic mass is 9.92. The van der Waals surface area contributed by atoms with Gasteiger partial charge in [-0.15, -0.1) is 0 Å². The zero-order valence-electron chi connectivity index (χ0n) is 12.1. The number of nitrogens with two attached hydrogens (primary N) is 1. The number of rotatable bonds is 4. The van der Waals surface area contributed by atoms with Crippen LogP contribution < -0.4 is 5.73 Å². The summed E-state index contributed by atoms with van der Waals surface area (Å²) in [4.78, 5) is 14.4. The molecule has 2 heterocycles. The molecular formula is C14H26N2O3. The molecule has 2 unspecified atom stereocenters. The molecule has 1 amide bonds. The highest BCUT2D eigenvalue weighted by molar-refractivity contribution is 5.85. The van der Waals surface area contributed by atoms with Crippen LogP contribution in [0.4, 0.5) is 0 Å². The van der Waals surface area contributed by atoms with Crippen molar-refractivity contribution in [2.75, 3.05) is 26.3 Å². The van der Waals surface area contributed by atoms with E-state index in [1.165, 1.54) is 0 Å². The molecule has 110 valence electrons. The van der Waals surface area contributed by atoms with Gasteiger partial charge in [0.15, 0.2) is 6.29 Å². The molecule has 0 radical (unpaired) electrons. The number of ether oxygens (including phenoxy) is 2. The van der Waals surface area contributed by atoms with Crippen molar-refractivity contribution < 1.29 is 14.3 Å². The van der Waals surface area contributed by atoms with Gasteiger partial charge in [0.1, 0.15) is 0 Å². The van der Waals surface area contributed by atoms with Gasteiger partial charge in [-0.3, -0.25) is 4.79 Å². The Labute approximate surface area is 115 Å². The summed E-state index contributed by atoms with van der Waals surface area (Å²) < 4.78 is 11.1. The van der Waals surface area contributed by atoms with Gasteiger partial charge in [0.25, 0.3) is 0 Å². The lowest BCUT2D eigenvalue weighted by molar-refractivity contribution is -0.144. The van der Waals surface area contributed by atoms with Crippen LogP contribution in [0.2, 0.25) is 0 Å². The number of carbonyl (C=O) groups is 1. The van der Waals surface area contributed by atoms with Gasteiger partial charge in [-0.1, -0.05) is 13.3 Å². The fraction of sp³-hybridized carbons (Fsp3) is 0.929. The van der Waals surface area contributed by atoms with E-state index in [0.29, 0.717) is 19.8 Å². The summed E-state index contributed by atoms with van der Waals surface area (Å²) in [6, 6.07) is 0. The van der Waals surface area contributed by atoms with Crippen molar-refractivity contribution in [3.05, 3.63) is 0 Å². The lowest BCUT2D eigenvalue weighted by Crippen LogP contribution is -2.56. The first kappa shape index (κ1) is 14.8. The molecule has 2 aliphatic heterocycles. The number of hydrogen-bond donors (Lipinski definition) is 1. The molecule has 2 saturated heterocycles. The topological polar surface area (TPSA) is 64.8 Å². The number of likely N-dealkylation sites (tertiary alicyclic amines) is 1. The first-order valence-electron chi connectivity index (χ1n) is 7.36. The summed E-state index contributed by atoms with van der Waals surface area (Å²) in [5.74, 6) is 0.356. The predicted molar refractivity (Wildman–Crippen MR) is 72.5 cm³/mol. The highest BCUT2D eigenvalue weighted by Gasteiger charge is 2.37. The Bertz CT molecular complexity index is 314. The van der Waals surface area contributed by atoms with Crippen LogP contribution in [-0.2, 0) is 14.3 Å². The van der Waals surface area contributed by atoms with Gasteiger partial charge in [0.05, 0.1) is 18.8 Å². The molecule has 0 aromatic rings. The minimum absolute atomic E-state index is 0.0667. The molecule has 2 aliphatic rings. The summed E-state index contributed by atoms with van der Waals surface area (Å²) in [6.45, 7) is 6.74. The molecule has 2 atom stereocenters. The lowest BCUT2D eigenvalue weighted by Gasteiger charge is -2.38. The van der Waals surface area contributed by atoms with Gasteiger partial charge in [-0.25, -0.2) is 0 Å². The first-order valence-corrected chi connectivity index (χ1v) is 7.36. The number of carbonyl (C=O) groups excluding carboxylic acids is 1. The van der Waals surface area contributed by atoms with Crippen LogP contribution in [0.1, 0.15) is 39.5 Å². The quantitative estimate of drug-likeness (QED) is 0.831. The van der Waals surface area contributed by atoms with Gasteiger partial charge in [-0.2, -0.15) is 0 Å². The summed E-state index contributed by atoms with van der Waals surface area (Å²) in [6.07, 6.45) is 3.57. The number of piperidine rings is 1. The molecule has 0 aromatic heterocycles. The van der Waals surface area contributed by atoms with Gasteiger partial charge in [0.2, 0.25) is 5.91 Å². The Morgan fingerprint density at radius 1 is 1.42 bits per heavy atom. The fourth-order valence-corrected chi connectivity index (χ4v) is 3.05. The van der Waals surface area contributed by atoms with Crippen LogP contribution in [0.3, 0.4) is 0 Å². The van der Waals surface area contributed by atoms with E-state index in [9.17, 15) is 4.79 Å². The number of amides is 1. The monoisotopic (exact) mass is 270 g/mol. The molecule has 0 aliphatic carbocycles. The molecule has 0 aromatic carbocycles. The molecule has 0 spiro atoms. The second kappa shape index (κ2) is 6.20. The van der Waals surface area contributed by atoms with Crippen molar-refractivity contribution in [1.29, 1.82) is 0 Å². The minimum atomic E-state index is -0.742. The average Bonchev–Trinajstić information content (AvgIpc) is 2.92. The molecule has 2 fully saturated rings.